The third-order valence-electron chi connectivity index (χ3n) is 6.37. The summed E-state index contributed by atoms with van der Waals surface area (Å²) in [5.74, 6) is 0.000190. The van der Waals surface area contributed by atoms with Gasteiger partial charge >= 0.3 is 5.97 Å². The Bertz CT molecular complexity index is 643. The minimum absolute atomic E-state index is 0.0368. The largest absolute Gasteiger partial charge is 0.461 e. The van der Waals surface area contributed by atoms with Crippen LogP contribution in [-0.2, 0) is 14.3 Å². The molecule has 3 nitrogen and oxygen atoms in total. The summed E-state index contributed by atoms with van der Waals surface area (Å²) in [5, 5.41) is 0. The van der Waals surface area contributed by atoms with E-state index in [1.54, 1.807) is 0 Å². The van der Waals surface area contributed by atoms with Crippen LogP contribution in [-0.4, -0.2) is 17.9 Å². The summed E-state index contributed by atoms with van der Waals surface area (Å²) in [6, 6.07) is 9.94. The number of rotatable bonds is 3. The van der Waals surface area contributed by atoms with Crippen LogP contribution < -0.4 is 0 Å². The molecule has 5 atom stereocenters. The monoisotopic (exact) mass is 356 g/mol. The lowest BCUT2D eigenvalue weighted by Gasteiger charge is -2.42. The predicted octanol–water partition coefficient (Wildman–Crippen LogP) is 5.14. The molecule has 0 amide bonds. The molecule has 0 spiro atoms. The Kier molecular flexibility index (Phi) is 5.55. The van der Waals surface area contributed by atoms with Crippen molar-refractivity contribution in [1.29, 1.82) is 0 Å². The number of hydrogen-bond acceptors (Lipinski definition) is 3. The third-order valence-corrected chi connectivity index (χ3v) is 6.37. The Morgan fingerprint density at radius 1 is 1.08 bits per heavy atom. The summed E-state index contributed by atoms with van der Waals surface area (Å²) < 4.78 is 6.05. The molecule has 2 fully saturated rings. The van der Waals surface area contributed by atoms with Crippen LogP contribution in [0.1, 0.15) is 71.3 Å². The lowest BCUT2D eigenvalue weighted by atomic mass is 9.68. The molecule has 2 aliphatic carbocycles. The van der Waals surface area contributed by atoms with Crippen molar-refractivity contribution in [2.75, 3.05) is 0 Å². The van der Waals surface area contributed by atoms with E-state index in [1.165, 1.54) is 6.42 Å². The van der Waals surface area contributed by atoms with Gasteiger partial charge in [0.1, 0.15) is 17.8 Å². The lowest BCUT2D eigenvalue weighted by Crippen LogP contribution is -2.42. The van der Waals surface area contributed by atoms with Crippen LogP contribution in [0.2, 0.25) is 0 Å². The highest BCUT2D eigenvalue weighted by Crippen LogP contribution is 2.43. The summed E-state index contributed by atoms with van der Waals surface area (Å²) in [6.45, 7) is 8.90. The van der Waals surface area contributed by atoms with Crippen LogP contribution in [0.15, 0.2) is 30.3 Å². The Balaban J connectivity index is 1.77. The van der Waals surface area contributed by atoms with Gasteiger partial charge in [0, 0.05) is 18.3 Å². The van der Waals surface area contributed by atoms with Gasteiger partial charge in [-0.3, -0.25) is 9.59 Å². The van der Waals surface area contributed by atoms with E-state index in [0.717, 1.165) is 24.8 Å². The minimum atomic E-state index is -0.629. The van der Waals surface area contributed by atoms with Gasteiger partial charge in [-0.05, 0) is 36.2 Å². The van der Waals surface area contributed by atoms with E-state index in [0.29, 0.717) is 18.3 Å². The first-order chi connectivity index (χ1) is 12.3. The number of hydrogen-bond donors (Lipinski definition) is 0. The van der Waals surface area contributed by atoms with Crippen LogP contribution in [0.25, 0.3) is 0 Å². The first kappa shape index (κ1) is 19.1. The average molecular weight is 357 g/mol. The molecular weight excluding hydrogens is 324 g/mol. The summed E-state index contributed by atoms with van der Waals surface area (Å²) in [6.07, 6.45) is 4.32. The fourth-order valence-electron chi connectivity index (χ4n) is 4.87. The highest BCUT2D eigenvalue weighted by atomic mass is 16.5. The topological polar surface area (TPSA) is 43.4 Å². The Labute approximate surface area is 157 Å². The van der Waals surface area contributed by atoms with Gasteiger partial charge in [-0.25, -0.2) is 0 Å². The SMILES string of the molecule is C[C@@H]1CC[C@@H](C(C)(C)C)[C@@H](OC(=O)C2C(=O)CC[C@H]2c2ccccc2)C1. The number of carbonyl (C=O) groups excluding carboxylic acids is 2. The number of carbonyl (C=O) groups is 2. The first-order valence-electron chi connectivity index (χ1n) is 10.1. The average Bonchev–Trinajstić information content (AvgIpc) is 2.96. The van der Waals surface area contributed by atoms with Crippen molar-refractivity contribution >= 4 is 11.8 Å². The smallest absolute Gasteiger partial charge is 0.317 e. The molecule has 0 aromatic heterocycles. The predicted molar refractivity (Wildman–Crippen MR) is 103 cm³/mol. The van der Waals surface area contributed by atoms with E-state index in [2.05, 4.69) is 27.7 Å². The fourth-order valence-corrected chi connectivity index (χ4v) is 4.87. The summed E-state index contributed by atoms with van der Waals surface area (Å²) >= 11 is 0. The molecule has 142 valence electrons. The molecule has 0 heterocycles. The maximum atomic E-state index is 13.0. The Morgan fingerprint density at radius 3 is 2.42 bits per heavy atom. The van der Waals surface area contributed by atoms with Crippen molar-refractivity contribution in [3.05, 3.63) is 35.9 Å². The molecule has 26 heavy (non-hydrogen) atoms. The standard InChI is InChI=1S/C23H32O3/c1-15-10-12-18(23(2,3)4)20(14-15)26-22(25)21-17(11-13-19(21)24)16-8-6-5-7-9-16/h5-9,15,17-18,20-21H,10-14H2,1-4H3/t15-,17+,18-,20+,21?/m1/s1. The molecule has 1 aromatic rings. The van der Waals surface area contributed by atoms with Crippen LogP contribution in [0.5, 0.6) is 0 Å². The Morgan fingerprint density at radius 2 is 1.77 bits per heavy atom. The quantitative estimate of drug-likeness (QED) is 0.556. The number of ketones is 1. The van der Waals surface area contributed by atoms with Crippen LogP contribution in [0.4, 0.5) is 0 Å². The van der Waals surface area contributed by atoms with Crippen LogP contribution in [0, 0.1) is 23.2 Å². The van der Waals surface area contributed by atoms with Crippen molar-refractivity contribution in [2.45, 2.75) is 71.8 Å². The van der Waals surface area contributed by atoms with Gasteiger partial charge < -0.3 is 4.74 Å². The van der Waals surface area contributed by atoms with Crippen molar-refractivity contribution in [3.63, 3.8) is 0 Å². The van der Waals surface area contributed by atoms with Gasteiger partial charge in [0.05, 0.1) is 0 Å². The zero-order valence-corrected chi connectivity index (χ0v) is 16.5. The molecule has 3 heteroatoms. The molecule has 3 rings (SSSR count). The van der Waals surface area contributed by atoms with Gasteiger partial charge in [-0.15, -0.1) is 0 Å². The summed E-state index contributed by atoms with van der Waals surface area (Å²) in [7, 11) is 0. The van der Waals surface area contributed by atoms with Gasteiger partial charge in [-0.1, -0.05) is 64.4 Å². The molecule has 0 saturated heterocycles. The normalized spacial score (nSPS) is 32.5. The molecule has 2 saturated carbocycles. The van der Waals surface area contributed by atoms with Gasteiger partial charge in [0.15, 0.2) is 0 Å². The minimum Gasteiger partial charge on any atom is -0.461 e. The van der Waals surface area contributed by atoms with Crippen molar-refractivity contribution in [1.82, 2.24) is 0 Å². The Hall–Kier alpha value is -1.64. The molecule has 2 aliphatic rings. The maximum Gasteiger partial charge on any atom is 0.317 e. The number of Topliss-reactive ketones (excluding diaryl/α,β-unsaturated/α-hetero) is 1. The van der Waals surface area contributed by atoms with Crippen molar-refractivity contribution < 1.29 is 14.3 Å². The molecule has 0 radical (unpaired) electrons. The number of esters is 1. The van der Waals surface area contributed by atoms with Gasteiger partial charge in [0.25, 0.3) is 0 Å². The van der Waals surface area contributed by atoms with E-state index >= 15 is 0 Å². The second kappa shape index (κ2) is 7.54. The maximum absolute atomic E-state index is 13.0. The van der Waals surface area contributed by atoms with Crippen LogP contribution in [0.3, 0.4) is 0 Å². The molecule has 1 unspecified atom stereocenters. The van der Waals surface area contributed by atoms with Crippen molar-refractivity contribution in [3.8, 4) is 0 Å². The van der Waals surface area contributed by atoms with Crippen molar-refractivity contribution in [2.24, 2.45) is 23.2 Å². The van der Waals surface area contributed by atoms with Gasteiger partial charge in [-0.2, -0.15) is 0 Å². The first-order valence-corrected chi connectivity index (χ1v) is 10.1. The number of ether oxygens (including phenoxy) is 1. The van der Waals surface area contributed by atoms with E-state index in [9.17, 15) is 9.59 Å². The van der Waals surface area contributed by atoms with E-state index in [-0.39, 0.29) is 29.2 Å². The molecule has 0 bridgehead atoms. The summed E-state index contributed by atoms with van der Waals surface area (Å²) in [5.41, 5.74) is 1.17. The van der Waals surface area contributed by atoms with E-state index in [4.69, 9.17) is 4.74 Å². The van der Waals surface area contributed by atoms with E-state index < -0.39 is 5.92 Å². The third kappa shape index (κ3) is 4.02. The molecule has 0 N–H and O–H groups in total. The van der Waals surface area contributed by atoms with Gasteiger partial charge in [0.2, 0.25) is 0 Å². The lowest BCUT2D eigenvalue weighted by molar-refractivity contribution is -0.164. The molecule has 1 aromatic carbocycles. The highest BCUT2D eigenvalue weighted by Gasteiger charge is 2.45. The zero-order valence-electron chi connectivity index (χ0n) is 16.5. The zero-order chi connectivity index (χ0) is 18.9. The fraction of sp³-hybridized carbons (Fsp3) is 0.652. The number of benzene rings is 1. The van der Waals surface area contributed by atoms with Crippen LogP contribution >= 0.6 is 0 Å². The molecule has 0 aliphatic heterocycles. The summed E-state index contributed by atoms with van der Waals surface area (Å²) in [4.78, 5) is 25.5. The highest BCUT2D eigenvalue weighted by molar-refractivity contribution is 6.01. The molecular formula is C23H32O3. The van der Waals surface area contributed by atoms with E-state index in [1.807, 2.05) is 30.3 Å². The second-order valence-corrected chi connectivity index (χ2v) is 9.37. The second-order valence-electron chi connectivity index (χ2n) is 9.37.